The minimum absolute atomic E-state index is 0.290. The van der Waals surface area contributed by atoms with Gasteiger partial charge in [0.25, 0.3) is 0 Å². The summed E-state index contributed by atoms with van der Waals surface area (Å²) in [5, 5.41) is 19.5. The van der Waals surface area contributed by atoms with Crippen LogP contribution in [0.4, 0.5) is 0 Å². The van der Waals surface area contributed by atoms with E-state index in [0.717, 1.165) is 0 Å². The molecule has 2 aromatic rings. The number of pyridine rings is 1. The molecular formula is C11H13N3O3. The fraction of sp³-hybridized carbons (Fsp3) is 0.273. The van der Waals surface area contributed by atoms with Crippen molar-refractivity contribution in [1.82, 2.24) is 9.38 Å². The van der Waals surface area contributed by atoms with Crippen LogP contribution in [-0.4, -0.2) is 31.6 Å². The van der Waals surface area contributed by atoms with Gasteiger partial charge in [0.15, 0.2) is 0 Å². The number of nitrogens with zero attached hydrogens (tertiary/aromatic N) is 2. The highest BCUT2D eigenvalue weighted by atomic mass is 16.3. The summed E-state index contributed by atoms with van der Waals surface area (Å²) in [6.07, 6.45) is 0.469. The van der Waals surface area contributed by atoms with Crippen molar-refractivity contribution >= 4 is 11.6 Å². The van der Waals surface area contributed by atoms with Crippen LogP contribution in [0.15, 0.2) is 30.6 Å². The fourth-order valence-corrected chi connectivity index (χ4v) is 1.69. The van der Waals surface area contributed by atoms with Gasteiger partial charge in [0.05, 0.1) is 24.4 Å². The molecule has 0 radical (unpaired) electrons. The standard InChI is InChI=1S/C11H13N3O3/c12-9(16)5-8(15)11(17)7-6-13-10-3-1-2-4-14(7)10/h1-4,6,8,11,15,17H,5H2,(H2,12,16). The monoisotopic (exact) mass is 235 g/mol. The van der Waals surface area contributed by atoms with Crippen molar-refractivity contribution in [3.05, 3.63) is 36.3 Å². The van der Waals surface area contributed by atoms with Crippen LogP contribution in [0.1, 0.15) is 18.2 Å². The smallest absolute Gasteiger partial charge is 0.220 e. The van der Waals surface area contributed by atoms with Gasteiger partial charge in [-0.1, -0.05) is 6.07 Å². The molecule has 6 nitrogen and oxygen atoms in total. The van der Waals surface area contributed by atoms with Gasteiger partial charge in [0.2, 0.25) is 5.91 Å². The molecule has 90 valence electrons. The molecule has 2 atom stereocenters. The van der Waals surface area contributed by atoms with E-state index in [1.807, 2.05) is 6.07 Å². The Balaban J connectivity index is 2.30. The predicted octanol–water partition coefficient (Wildman–Crippen LogP) is -0.396. The predicted molar refractivity (Wildman–Crippen MR) is 60.0 cm³/mol. The van der Waals surface area contributed by atoms with E-state index in [-0.39, 0.29) is 6.42 Å². The molecule has 0 saturated heterocycles. The van der Waals surface area contributed by atoms with Gasteiger partial charge >= 0.3 is 0 Å². The lowest BCUT2D eigenvalue weighted by Gasteiger charge is -2.15. The topological polar surface area (TPSA) is 101 Å². The number of nitrogens with two attached hydrogens (primary N) is 1. The number of rotatable bonds is 4. The summed E-state index contributed by atoms with van der Waals surface area (Å²) >= 11 is 0. The Morgan fingerprint density at radius 1 is 1.47 bits per heavy atom. The largest absolute Gasteiger partial charge is 0.389 e. The van der Waals surface area contributed by atoms with E-state index in [1.165, 1.54) is 6.20 Å². The molecule has 0 saturated carbocycles. The molecule has 0 fully saturated rings. The van der Waals surface area contributed by atoms with Crippen molar-refractivity contribution < 1.29 is 15.0 Å². The summed E-state index contributed by atoms with van der Waals surface area (Å²) in [5.74, 6) is -0.662. The van der Waals surface area contributed by atoms with Crippen LogP contribution in [0.25, 0.3) is 5.65 Å². The average molecular weight is 235 g/mol. The summed E-state index contributed by atoms with van der Waals surface area (Å²) < 4.78 is 1.65. The lowest BCUT2D eigenvalue weighted by atomic mass is 10.1. The number of hydrogen-bond donors (Lipinski definition) is 3. The lowest BCUT2D eigenvalue weighted by molar-refractivity contribution is -0.121. The van der Waals surface area contributed by atoms with Crippen molar-refractivity contribution in [2.75, 3.05) is 0 Å². The maximum absolute atomic E-state index is 10.7. The SMILES string of the molecule is NC(=O)CC(O)C(O)c1cnc2ccccn12. The zero-order valence-electron chi connectivity index (χ0n) is 9.02. The highest BCUT2D eigenvalue weighted by Gasteiger charge is 2.23. The van der Waals surface area contributed by atoms with Gasteiger partial charge in [0, 0.05) is 6.20 Å². The van der Waals surface area contributed by atoms with Crippen molar-refractivity contribution in [2.45, 2.75) is 18.6 Å². The van der Waals surface area contributed by atoms with Crippen LogP contribution in [0.2, 0.25) is 0 Å². The first-order valence-corrected chi connectivity index (χ1v) is 5.16. The highest BCUT2D eigenvalue weighted by molar-refractivity contribution is 5.74. The van der Waals surface area contributed by atoms with Crippen LogP contribution in [0.3, 0.4) is 0 Å². The first-order chi connectivity index (χ1) is 8.09. The molecule has 2 unspecified atom stereocenters. The van der Waals surface area contributed by atoms with Gasteiger partial charge in [-0.25, -0.2) is 4.98 Å². The summed E-state index contributed by atoms with van der Waals surface area (Å²) in [4.78, 5) is 14.8. The van der Waals surface area contributed by atoms with Crippen LogP contribution in [0.5, 0.6) is 0 Å². The molecule has 0 spiro atoms. The van der Waals surface area contributed by atoms with Crippen molar-refractivity contribution in [2.24, 2.45) is 5.73 Å². The van der Waals surface area contributed by atoms with Crippen LogP contribution >= 0.6 is 0 Å². The Labute approximate surface area is 97.3 Å². The number of carbonyl (C=O) groups is 1. The molecule has 4 N–H and O–H groups in total. The first-order valence-electron chi connectivity index (χ1n) is 5.16. The lowest BCUT2D eigenvalue weighted by Crippen LogP contribution is -2.26. The fourth-order valence-electron chi connectivity index (χ4n) is 1.69. The Morgan fingerprint density at radius 3 is 2.94 bits per heavy atom. The second kappa shape index (κ2) is 4.52. The maximum atomic E-state index is 10.7. The quantitative estimate of drug-likeness (QED) is 0.671. The minimum Gasteiger partial charge on any atom is -0.389 e. The average Bonchev–Trinajstić information content (AvgIpc) is 2.70. The molecule has 6 heteroatoms. The number of amides is 1. The number of aromatic nitrogens is 2. The van der Waals surface area contributed by atoms with E-state index in [0.29, 0.717) is 11.3 Å². The van der Waals surface area contributed by atoms with E-state index >= 15 is 0 Å². The van der Waals surface area contributed by atoms with Crippen molar-refractivity contribution in [3.8, 4) is 0 Å². The molecule has 2 rings (SSSR count). The van der Waals surface area contributed by atoms with Gasteiger partial charge in [-0.3, -0.25) is 4.79 Å². The Morgan fingerprint density at radius 2 is 2.24 bits per heavy atom. The summed E-state index contributed by atoms with van der Waals surface area (Å²) in [6.45, 7) is 0. The van der Waals surface area contributed by atoms with Gasteiger partial charge in [-0.2, -0.15) is 0 Å². The molecule has 0 aliphatic carbocycles. The van der Waals surface area contributed by atoms with Crippen molar-refractivity contribution in [3.63, 3.8) is 0 Å². The Bertz CT molecular complexity index is 537. The number of aliphatic hydroxyl groups is 2. The number of fused-ring (bicyclic) bond motifs is 1. The van der Waals surface area contributed by atoms with E-state index in [2.05, 4.69) is 4.98 Å². The summed E-state index contributed by atoms with van der Waals surface area (Å²) in [6, 6.07) is 5.38. The maximum Gasteiger partial charge on any atom is 0.220 e. The normalized spacial score (nSPS) is 14.7. The van der Waals surface area contributed by atoms with Crippen LogP contribution in [0, 0.1) is 0 Å². The third-order valence-electron chi connectivity index (χ3n) is 2.52. The van der Waals surface area contributed by atoms with Gasteiger partial charge in [0.1, 0.15) is 11.8 Å². The van der Waals surface area contributed by atoms with Gasteiger partial charge in [-0.05, 0) is 12.1 Å². The minimum atomic E-state index is -1.23. The zero-order valence-corrected chi connectivity index (χ0v) is 9.02. The van der Waals surface area contributed by atoms with E-state index in [9.17, 15) is 15.0 Å². The summed E-state index contributed by atoms with van der Waals surface area (Å²) in [5.41, 5.74) is 6.05. The van der Waals surface area contributed by atoms with Crippen molar-refractivity contribution in [1.29, 1.82) is 0 Å². The molecule has 0 aromatic carbocycles. The number of hydrogen-bond acceptors (Lipinski definition) is 4. The second-order valence-corrected chi connectivity index (χ2v) is 3.79. The molecule has 17 heavy (non-hydrogen) atoms. The van der Waals surface area contributed by atoms with E-state index < -0.39 is 18.1 Å². The van der Waals surface area contributed by atoms with Crippen LogP contribution < -0.4 is 5.73 Å². The molecule has 0 bridgehead atoms. The number of aliphatic hydroxyl groups excluding tert-OH is 2. The number of carbonyl (C=O) groups excluding carboxylic acids is 1. The van der Waals surface area contributed by atoms with E-state index in [4.69, 9.17) is 5.73 Å². The Kier molecular flexibility index (Phi) is 3.08. The Hall–Kier alpha value is -1.92. The highest BCUT2D eigenvalue weighted by Crippen LogP contribution is 2.19. The summed E-state index contributed by atoms with van der Waals surface area (Å²) in [7, 11) is 0. The molecule has 1 amide bonds. The third kappa shape index (κ3) is 2.27. The zero-order chi connectivity index (χ0) is 12.4. The second-order valence-electron chi connectivity index (χ2n) is 3.79. The van der Waals surface area contributed by atoms with Gasteiger partial charge in [-0.15, -0.1) is 0 Å². The molecule has 0 aliphatic heterocycles. The molecule has 2 heterocycles. The first kappa shape index (κ1) is 11.6. The number of primary amides is 1. The van der Waals surface area contributed by atoms with E-state index in [1.54, 1.807) is 22.7 Å². The third-order valence-corrected chi connectivity index (χ3v) is 2.52. The molecule has 0 aliphatic rings. The molecule has 2 aromatic heterocycles. The van der Waals surface area contributed by atoms with Crippen LogP contribution in [-0.2, 0) is 4.79 Å². The van der Waals surface area contributed by atoms with Gasteiger partial charge < -0.3 is 20.3 Å². The number of imidazole rings is 1. The molecular weight excluding hydrogens is 222 g/mol.